The number of esters is 1. The highest BCUT2D eigenvalue weighted by Crippen LogP contribution is 2.21. The van der Waals surface area contributed by atoms with Crippen LogP contribution in [0.2, 0.25) is 0 Å². The van der Waals surface area contributed by atoms with Gasteiger partial charge in [0.25, 0.3) is 5.69 Å². The molecule has 0 aliphatic carbocycles. The number of nitro groups is 1. The van der Waals surface area contributed by atoms with Gasteiger partial charge in [-0.2, -0.15) is 0 Å². The molecule has 2 rings (SSSR count). The number of nitro benzene ring substituents is 1. The summed E-state index contributed by atoms with van der Waals surface area (Å²) in [7, 11) is 1.31. The number of carbonyl (C=O) groups excluding carboxylic acids is 1. The Morgan fingerprint density at radius 1 is 1.19 bits per heavy atom. The van der Waals surface area contributed by atoms with E-state index in [2.05, 4.69) is 0 Å². The highest BCUT2D eigenvalue weighted by Gasteiger charge is 2.12. The number of methoxy groups -OCH3 is 1. The molecule has 0 fully saturated rings. The molecule has 0 saturated heterocycles. The molecule has 108 valence electrons. The van der Waals surface area contributed by atoms with Crippen molar-refractivity contribution in [2.45, 2.75) is 6.61 Å². The molecule has 2 aromatic rings. The van der Waals surface area contributed by atoms with E-state index in [1.54, 1.807) is 36.4 Å². The quantitative estimate of drug-likeness (QED) is 0.480. The number of rotatable bonds is 5. The lowest BCUT2D eigenvalue weighted by molar-refractivity contribution is -0.384. The highest BCUT2D eigenvalue weighted by atomic mass is 16.6. The summed E-state index contributed by atoms with van der Waals surface area (Å²) >= 11 is 0. The van der Waals surface area contributed by atoms with E-state index in [9.17, 15) is 14.9 Å². The van der Waals surface area contributed by atoms with E-state index in [1.165, 1.54) is 19.2 Å². The van der Waals surface area contributed by atoms with Crippen LogP contribution in [0.1, 0.15) is 15.9 Å². The van der Waals surface area contributed by atoms with Crippen LogP contribution >= 0.6 is 0 Å². The maximum absolute atomic E-state index is 11.6. The van der Waals surface area contributed by atoms with Crippen molar-refractivity contribution in [2.24, 2.45) is 0 Å². The van der Waals surface area contributed by atoms with E-state index in [4.69, 9.17) is 9.47 Å². The molecule has 0 heterocycles. The lowest BCUT2D eigenvalue weighted by atomic mass is 10.1. The summed E-state index contributed by atoms with van der Waals surface area (Å²) in [6, 6.07) is 12.8. The Balaban J connectivity index is 2.15. The standard InChI is InChI=1S/C15H13NO5/c1-20-15(17)14-8-3-2-5-11(14)10-21-13-7-4-6-12(9-13)16(18)19/h2-9H,10H2,1H3. The van der Waals surface area contributed by atoms with Gasteiger partial charge < -0.3 is 9.47 Å². The zero-order chi connectivity index (χ0) is 15.2. The third kappa shape index (κ3) is 3.56. The van der Waals surface area contributed by atoms with Crippen molar-refractivity contribution >= 4 is 11.7 Å². The fourth-order valence-electron chi connectivity index (χ4n) is 1.80. The van der Waals surface area contributed by atoms with Crippen LogP contribution in [0.4, 0.5) is 5.69 Å². The van der Waals surface area contributed by atoms with Gasteiger partial charge in [-0.05, 0) is 12.1 Å². The van der Waals surface area contributed by atoms with Gasteiger partial charge in [-0.3, -0.25) is 10.1 Å². The zero-order valence-electron chi connectivity index (χ0n) is 11.3. The molecule has 6 nitrogen and oxygen atoms in total. The Morgan fingerprint density at radius 2 is 1.95 bits per heavy atom. The van der Waals surface area contributed by atoms with Crippen molar-refractivity contribution in [2.75, 3.05) is 7.11 Å². The number of hydrogen-bond acceptors (Lipinski definition) is 5. The van der Waals surface area contributed by atoms with E-state index in [0.717, 1.165) is 0 Å². The van der Waals surface area contributed by atoms with Crippen LogP contribution in [0.3, 0.4) is 0 Å². The predicted molar refractivity (Wildman–Crippen MR) is 75.2 cm³/mol. The molecule has 0 aliphatic heterocycles. The topological polar surface area (TPSA) is 78.7 Å². The monoisotopic (exact) mass is 287 g/mol. The van der Waals surface area contributed by atoms with E-state index in [-0.39, 0.29) is 12.3 Å². The van der Waals surface area contributed by atoms with Crippen LogP contribution < -0.4 is 4.74 Å². The molecule has 0 aliphatic rings. The second-order valence-electron chi connectivity index (χ2n) is 4.19. The van der Waals surface area contributed by atoms with Gasteiger partial charge in [-0.15, -0.1) is 0 Å². The maximum atomic E-state index is 11.6. The van der Waals surface area contributed by atoms with Gasteiger partial charge in [-0.1, -0.05) is 24.3 Å². The van der Waals surface area contributed by atoms with Gasteiger partial charge in [0.1, 0.15) is 12.4 Å². The molecule has 2 aromatic carbocycles. The van der Waals surface area contributed by atoms with Crippen molar-refractivity contribution in [1.29, 1.82) is 0 Å². The summed E-state index contributed by atoms with van der Waals surface area (Å²) in [5, 5.41) is 10.7. The minimum Gasteiger partial charge on any atom is -0.489 e. The van der Waals surface area contributed by atoms with Crippen molar-refractivity contribution in [3.63, 3.8) is 0 Å². The largest absolute Gasteiger partial charge is 0.489 e. The van der Waals surface area contributed by atoms with Gasteiger partial charge in [0.05, 0.1) is 23.7 Å². The van der Waals surface area contributed by atoms with Crippen LogP contribution in [0.5, 0.6) is 5.75 Å². The van der Waals surface area contributed by atoms with E-state index in [1.807, 2.05) is 0 Å². The normalized spacial score (nSPS) is 9.95. The van der Waals surface area contributed by atoms with E-state index in [0.29, 0.717) is 16.9 Å². The zero-order valence-corrected chi connectivity index (χ0v) is 11.3. The summed E-state index contributed by atoms with van der Waals surface area (Å²) in [6.07, 6.45) is 0. The second kappa shape index (κ2) is 6.51. The highest BCUT2D eigenvalue weighted by molar-refractivity contribution is 5.90. The molecule has 0 amide bonds. The average Bonchev–Trinajstić information content (AvgIpc) is 2.52. The van der Waals surface area contributed by atoms with Crippen LogP contribution in [0.15, 0.2) is 48.5 Å². The number of ether oxygens (including phenoxy) is 2. The summed E-state index contributed by atoms with van der Waals surface area (Å²) in [4.78, 5) is 21.8. The molecule has 0 bridgehead atoms. The van der Waals surface area contributed by atoms with E-state index < -0.39 is 10.9 Å². The second-order valence-corrected chi connectivity index (χ2v) is 4.19. The van der Waals surface area contributed by atoms with Crippen LogP contribution in [0.25, 0.3) is 0 Å². The molecule has 0 spiro atoms. The first-order valence-electron chi connectivity index (χ1n) is 6.15. The Labute approximate surface area is 121 Å². The fourth-order valence-corrected chi connectivity index (χ4v) is 1.80. The molecular weight excluding hydrogens is 274 g/mol. The SMILES string of the molecule is COC(=O)c1ccccc1COc1cccc([N+](=O)[O-])c1. The first-order valence-corrected chi connectivity index (χ1v) is 6.15. The summed E-state index contributed by atoms with van der Waals surface area (Å²) in [6.45, 7) is 0.118. The number of hydrogen-bond donors (Lipinski definition) is 0. The Bertz CT molecular complexity index is 669. The molecule has 0 saturated carbocycles. The number of nitrogens with zero attached hydrogens (tertiary/aromatic N) is 1. The summed E-state index contributed by atoms with van der Waals surface area (Å²) < 4.78 is 10.2. The molecule has 0 atom stereocenters. The lowest BCUT2D eigenvalue weighted by Crippen LogP contribution is -2.07. The van der Waals surface area contributed by atoms with Crippen LogP contribution in [0, 0.1) is 10.1 Å². The Morgan fingerprint density at radius 3 is 2.67 bits per heavy atom. The van der Waals surface area contributed by atoms with Crippen molar-refractivity contribution in [3.05, 3.63) is 69.8 Å². The first kappa shape index (κ1) is 14.5. The third-order valence-electron chi connectivity index (χ3n) is 2.85. The molecule has 21 heavy (non-hydrogen) atoms. The Hall–Kier alpha value is -2.89. The number of carbonyl (C=O) groups is 1. The summed E-state index contributed by atoms with van der Waals surface area (Å²) in [5.41, 5.74) is 1.01. The van der Waals surface area contributed by atoms with Crippen molar-refractivity contribution in [1.82, 2.24) is 0 Å². The first-order chi connectivity index (χ1) is 10.1. The van der Waals surface area contributed by atoms with Gasteiger partial charge >= 0.3 is 5.97 Å². The lowest BCUT2D eigenvalue weighted by Gasteiger charge is -2.09. The minimum absolute atomic E-state index is 0.0475. The van der Waals surface area contributed by atoms with Crippen LogP contribution in [-0.4, -0.2) is 18.0 Å². The van der Waals surface area contributed by atoms with Gasteiger partial charge in [0.2, 0.25) is 0 Å². The smallest absolute Gasteiger partial charge is 0.338 e. The average molecular weight is 287 g/mol. The number of benzene rings is 2. The molecular formula is C15H13NO5. The third-order valence-corrected chi connectivity index (χ3v) is 2.85. The van der Waals surface area contributed by atoms with Crippen LogP contribution in [-0.2, 0) is 11.3 Å². The predicted octanol–water partition coefficient (Wildman–Crippen LogP) is 2.96. The fraction of sp³-hybridized carbons (Fsp3) is 0.133. The Kier molecular flexibility index (Phi) is 4.50. The van der Waals surface area contributed by atoms with Crippen molar-refractivity contribution < 1.29 is 19.2 Å². The molecule has 0 radical (unpaired) electrons. The van der Waals surface area contributed by atoms with Crippen molar-refractivity contribution in [3.8, 4) is 5.75 Å². The minimum atomic E-state index is -0.491. The molecule has 0 unspecified atom stereocenters. The summed E-state index contributed by atoms with van der Waals surface area (Å²) in [5.74, 6) is -0.0860. The van der Waals surface area contributed by atoms with E-state index >= 15 is 0 Å². The number of non-ortho nitro benzene ring substituents is 1. The van der Waals surface area contributed by atoms with Gasteiger partial charge in [-0.25, -0.2) is 4.79 Å². The van der Waals surface area contributed by atoms with Gasteiger partial charge in [0.15, 0.2) is 0 Å². The van der Waals surface area contributed by atoms with Gasteiger partial charge in [0, 0.05) is 11.6 Å². The maximum Gasteiger partial charge on any atom is 0.338 e. The molecule has 0 N–H and O–H groups in total. The molecule has 0 aromatic heterocycles. The molecule has 6 heteroatoms.